The molecule has 3 aromatic rings. The maximum atomic E-state index is 12.6. The van der Waals surface area contributed by atoms with E-state index < -0.39 is 0 Å². The molecule has 1 fully saturated rings. The highest BCUT2D eigenvalue weighted by atomic mass is 32.1. The first kappa shape index (κ1) is 22.7. The Morgan fingerprint density at radius 1 is 1.06 bits per heavy atom. The van der Waals surface area contributed by atoms with Crippen LogP contribution in [0.4, 0.5) is 5.13 Å². The Labute approximate surface area is 197 Å². The van der Waals surface area contributed by atoms with E-state index in [2.05, 4.69) is 59.4 Å². The third-order valence-corrected chi connectivity index (χ3v) is 7.60. The predicted octanol–water partition coefficient (Wildman–Crippen LogP) is 5.07. The second-order valence-corrected chi connectivity index (χ2v) is 10.9. The van der Waals surface area contributed by atoms with Gasteiger partial charge in [0.25, 0.3) is 0 Å². The smallest absolute Gasteiger partial charge is 0.222 e. The molecule has 0 unspecified atom stereocenters. The van der Waals surface area contributed by atoms with Crippen LogP contribution in [0.15, 0.2) is 41.8 Å². The van der Waals surface area contributed by atoms with Crippen LogP contribution in [0.3, 0.4) is 0 Å². The SMILES string of the molecule is CC(C)(C)c1ccc(OCCCC(=O)N2CCN(c3nnc(-c4cccs4)s3)CC2)cc1. The molecule has 0 aliphatic carbocycles. The summed E-state index contributed by atoms with van der Waals surface area (Å²) in [5, 5.41) is 12.6. The number of nitrogens with zero attached hydrogens (tertiary/aromatic N) is 4. The number of thiophene rings is 1. The predicted molar refractivity (Wildman–Crippen MR) is 132 cm³/mol. The zero-order valence-corrected chi connectivity index (χ0v) is 20.5. The fraction of sp³-hybridized carbons (Fsp3) is 0.458. The molecule has 1 aromatic carbocycles. The van der Waals surface area contributed by atoms with E-state index in [0.29, 0.717) is 13.0 Å². The first-order chi connectivity index (χ1) is 15.4. The lowest BCUT2D eigenvalue weighted by atomic mass is 9.87. The van der Waals surface area contributed by atoms with Crippen LogP contribution in [-0.2, 0) is 10.2 Å². The quantitative estimate of drug-likeness (QED) is 0.451. The third kappa shape index (κ3) is 5.66. The summed E-state index contributed by atoms with van der Waals surface area (Å²) in [6.45, 7) is 10.2. The molecule has 6 nitrogen and oxygen atoms in total. The van der Waals surface area contributed by atoms with E-state index in [1.54, 1.807) is 22.7 Å². The molecule has 0 N–H and O–H groups in total. The zero-order valence-electron chi connectivity index (χ0n) is 18.9. The van der Waals surface area contributed by atoms with Gasteiger partial charge in [-0.2, -0.15) is 0 Å². The van der Waals surface area contributed by atoms with Crippen molar-refractivity contribution in [1.29, 1.82) is 0 Å². The molecule has 3 heterocycles. The Balaban J connectivity index is 1.17. The van der Waals surface area contributed by atoms with E-state index in [1.807, 2.05) is 23.1 Å². The van der Waals surface area contributed by atoms with Crippen LogP contribution in [0, 0.1) is 0 Å². The van der Waals surface area contributed by atoms with Crippen LogP contribution < -0.4 is 9.64 Å². The van der Waals surface area contributed by atoms with Gasteiger partial charge in [-0.25, -0.2) is 0 Å². The summed E-state index contributed by atoms with van der Waals surface area (Å²) in [5.41, 5.74) is 1.42. The van der Waals surface area contributed by atoms with Crippen molar-refractivity contribution >= 4 is 33.7 Å². The molecule has 0 atom stereocenters. The standard InChI is InChI=1S/C24H30N4O2S2/c1-24(2,3)18-8-10-19(11-9-18)30-16-4-7-21(29)27-12-14-28(15-13-27)23-26-25-22(32-23)20-6-5-17-31-20/h5-6,8-11,17H,4,7,12-16H2,1-3H3. The van der Waals surface area contributed by atoms with Gasteiger partial charge < -0.3 is 14.5 Å². The first-order valence-electron chi connectivity index (χ1n) is 11.0. The van der Waals surface area contributed by atoms with Gasteiger partial charge in [0.15, 0.2) is 5.01 Å². The van der Waals surface area contributed by atoms with Gasteiger partial charge in [-0.05, 0) is 41.0 Å². The average Bonchev–Trinajstić information content (AvgIpc) is 3.48. The van der Waals surface area contributed by atoms with Gasteiger partial charge in [0.05, 0.1) is 11.5 Å². The molecule has 170 valence electrons. The molecule has 1 aliphatic heterocycles. The van der Waals surface area contributed by atoms with Crippen LogP contribution >= 0.6 is 22.7 Å². The summed E-state index contributed by atoms with van der Waals surface area (Å²) in [7, 11) is 0. The van der Waals surface area contributed by atoms with Gasteiger partial charge in [-0.15, -0.1) is 21.5 Å². The Bertz CT molecular complexity index is 1000. The Kier molecular flexibility index (Phi) is 7.10. The normalized spacial score (nSPS) is 14.6. The number of hydrogen-bond donors (Lipinski definition) is 0. The van der Waals surface area contributed by atoms with Crippen molar-refractivity contribution in [3.8, 4) is 15.6 Å². The van der Waals surface area contributed by atoms with Gasteiger partial charge in [-0.3, -0.25) is 4.79 Å². The van der Waals surface area contributed by atoms with Gasteiger partial charge in [0.2, 0.25) is 11.0 Å². The molecule has 0 spiro atoms. The number of benzene rings is 1. The van der Waals surface area contributed by atoms with Crippen molar-refractivity contribution in [2.75, 3.05) is 37.7 Å². The highest BCUT2D eigenvalue weighted by Gasteiger charge is 2.23. The Hall–Kier alpha value is -2.45. The Morgan fingerprint density at radius 2 is 1.81 bits per heavy atom. The van der Waals surface area contributed by atoms with Crippen molar-refractivity contribution in [1.82, 2.24) is 15.1 Å². The van der Waals surface area contributed by atoms with Crippen LogP contribution in [0.5, 0.6) is 5.75 Å². The van der Waals surface area contributed by atoms with Crippen molar-refractivity contribution in [3.63, 3.8) is 0 Å². The summed E-state index contributed by atoms with van der Waals surface area (Å²) in [6, 6.07) is 12.3. The number of ether oxygens (including phenoxy) is 1. The van der Waals surface area contributed by atoms with E-state index in [4.69, 9.17) is 4.74 Å². The minimum atomic E-state index is 0.136. The lowest BCUT2D eigenvalue weighted by Gasteiger charge is -2.34. The maximum absolute atomic E-state index is 12.6. The lowest BCUT2D eigenvalue weighted by Crippen LogP contribution is -2.48. The molecular formula is C24H30N4O2S2. The van der Waals surface area contributed by atoms with E-state index in [0.717, 1.165) is 53.4 Å². The largest absolute Gasteiger partial charge is 0.494 e. The fourth-order valence-electron chi connectivity index (χ4n) is 3.61. The number of anilines is 1. The molecule has 32 heavy (non-hydrogen) atoms. The molecule has 1 aliphatic rings. The zero-order chi connectivity index (χ0) is 22.6. The van der Waals surface area contributed by atoms with E-state index in [9.17, 15) is 4.79 Å². The number of aromatic nitrogens is 2. The summed E-state index contributed by atoms with van der Waals surface area (Å²) in [6.07, 6.45) is 1.24. The lowest BCUT2D eigenvalue weighted by molar-refractivity contribution is -0.131. The van der Waals surface area contributed by atoms with Crippen LogP contribution in [0.1, 0.15) is 39.2 Å². The van der Waals surface area contributed by atoms with E-state index in [1.165, 1.54) is 5.56 Å². The second kappa shape index (κ2) is 10.0. The van der Waals surface area contributed by atoms with Crippen molar-refractivity contribution in [2.45, 2.75) is 39.0 Å². The highest BCUT2D eigenvalue weighted by molar-refractivity contribution is 7.22. The number of carbonyl (C=O) groups is 1. The second-order valence-electron chi connectivity index (χ2n) is 8.96. The first-order valence-corrected chi connectivity index (χ1v) is 12.7. The number of carbonyl (C=O) groups excluding carboxylic acids is 1. The van der Waals surface area contributed by atoms with Gasteiger partial charge >= 0.3 is 0 Å². The van der Waals surface area contributed by atoms with E-state index in [-0.39, 0.29) is 11.3 Å². The summed E-state index contributed by atoms with van der Waals surface area (Å²) < 4.78 is 5.83. The molecular weight excluding hydrogens is 440 g/mol. The van der Waals surface area contributed by atoms with E-state index >= 15 is 0 Å². The van der Waals surface area contributed by atoms with Gasteiger partial charge in [-0.1, -0.05) is 50.3 Å². The van der Waals surface area contributed by atoms with Crippen molar-refractivity contribution < 1.29 is 9.53 Å². The monoisotopic (exact) mass is 470 g/mol. The topological polar surface area (TPSA) is 58.6 Å². The minimum Gasteiger partial charge on any atom is -0.494 e. The summed E-state index contributed by atoms with van der Waals surface area (Å²) in [4.78, 5) is 17.9. The number of hydrogen-bond acceptors (Lipinski definition) is 7. The van der Waals surface area contributed by atoms with Crippen molar-refractivity contribution in [3.05, 3.63) is 47.3 Å². The summed E-state index contributed by atoms with van der Waals surface area (Å²) >= 11 is 3.29. The summed E-state index contributed by atoms with van der Waals surface area (Å²) in [5.74, 6) is 1.06. The highest BCUT2D eigenvalue weighted by Crippen LogP contribution is 2.32. The average molecular weight is 471 g/mol. The van der Waals surface area contributed by atoms with Crippen LogP contribution in [0.25, 0.3) is 9.88 Å². The molecule has 2 aromatic heterocycles. The third-order valence-electron chi connectivity index (χ3n) is 5.57. The number of rotatable bonds is 7. The molecule has 1 saturated heterocycles. The minimum absolute atomic E-state index is 0.136. The van der Waals surface area contributed by atoms with Crippen LogP contribution in [-0.4, -0.2) is 53.8 Å². The maximum Gasteiger partial charge on any atom is 0.222 e. The molecule has 0 radical (unpaired) electrons. The molecule has 4 rings (SSSR count). The molecule has 1 amide bonds. The number of amides is 1. The fourth-order valence-corrected chi connectivity index (χ4v) is 5.30. The molecule has 0 bridgehead atoms. The van der Waals surface area contributed by atoms with Crippen LogP contribution in [0.2, 0.25) is 0 Å². The van der Waals surface area contributed by atoms with Crippen molar-refractivity contribution in [2.24, 2.45) is 0 Å². The molecule has 0 saturated carbocycles. The van der Waals surface area contributed by atoms with Gasteiger partial charge in [0.1, 0.15) is 5.75 Å². The van der Waals surface area contributed by atoms with Gasteiger partial charge in [0, 0.05) is 32.6 Å². The molecule has 8 heteroatoms. The Morgan fingerprint density at radius 3 is 2.47 bits per heavy atom. The number of piperazine rings is 1.